The number of hydrogen-bond acceptors (Lipinski definition) is 8. The van der Waals surface area contributed by atoms with Gasteiger partial charge in [0.15, 0.2) is 17.1 Å². The molecule has 1 aliphatic rings. The fraction of sp³-hybridized carbons (Fsp3) is 0.423. The molecule has 1 saturated carbocycles. The number of benzene rings is 1. The summed E-state index contributed by atoms with van der Waals surface area (Å²) in [6.07, 6.45) is 0.959. The minimum atomic E-state index is -1.01. The lowest BCUT2D eigenvalue weighted by Crippen LogP contribution is -2.44. The summed E-state index contributed by atoms with van der Waals surface area (Å²) in [5.41, 5.74) is -0.654. The molecule has 10 nitrogen and oxygen atoms in total. The van der Waals surface area contributed by atoms with Crippen LogP contribution in [0.3, 0.4) is 0 Å². The van der Waals surface area contributed by atoms with Gasteiger partial charge in [0.25, 0.3) is 11.5 Å². The van der Waals surface area contributed by atoms with Gasteiger partial charge in [0.1, 0.15) is 23.2 Å². The second-order valence-electron chi connectivity index (χ2n) is 9.82. The highest BCUT2D eigenvalue weighted by Gasteiger charge is 2.42. The first-order valence-electron chi connectivity index (χ1n) is 12.4. The number of aryl methyl sites for hydroxylation is 1. The number of aromatic amines is 1. The lowest BCUT2D eigenvalue weighted by atomic mass is 9.73. The van der Waals surface area contributed by atoms with Crippen LogP contribution in [-0.2, 0) is 10.2 Å². The van der Waals surface area contributed by atoms with Gasteiger partial charge in [-0.3, -0.25) is 9.59 Å². The molecule has 4 aromatic rings. The average molecular weight is 546 g/mol. The van der Waals surface area contributed by atoms with E-state index >= 15 is 4.39 Å². The van der Waals surface area contributed by atoms with Gasteiger partial charge in [-0.1, -0.05) is 5.16 Å². The van der Waals surface area contributed by atoms with Gasteiger partial charge >= 0.3 is 0 Å². The quantitative estimate of drug-likeness (QED) is 0.341. The molecule has 1 aliphatic carbocycles. The molecular weight excluding hydrogens is 519 g/mol. The fourth-order valence-electron chi connectivity index (χ4n) is 5.08. The van der Waals surface area contributed by atoms with Crippen LogP contribution in [0.1, 0.15) is 64.8 Å². The van der Waals surface area contributed by atoms with Crippen molar-refractivity contribution in [2.45, 2.75) is 50.1 Å². The largest absolute Gasteiger partial charge is 0.437 e. The summed E-state index contributed by atoms with van der Waals surface area (Å²) in [5.74, 6) is -2.55. The van der Waals surface area contributed by atoms with Crippen molar-refractivity contribution in [3.8, 4) is 0 Å². The normalized spacial score (nSPS) is 20.3. The van der Waals surface area contributed by atoms with Crippen LogP contribution in [0.5, 0.6) is 0 Å². The van der Waals surface area contributed by atoms with Crippen LogP contribution in [0.25, 0.3) is 11.1 Å². The number of fused-ring (bicyclic) bond motifs is 1. The van der Waals surface area contributed by atoms with Gasteiger partial charge in [0.05, 0.1) is 12.0 Å². The van der Waals surface area contributed by atoms with Gasteiger partial charge in [-0.15, -0.1) is 0 Å². The number of alkyl halides is 1. The van der Waals surface area contributed by atoms with E-state index in [1.54, 1.807) is 13.0 Å². The highest BCUT2D eigenvalue weighted by molar-refractivity contribution is 5.93. The molecule has 39 heavy (non-hydrogen) atoms. The monoisotopic (exact) mass is 545 g/mol. The van der Waals surface area contributed by atoms with Crippen LogP contribution >= 0.6 is 0 Å². The van der Waals surface area contributed by atoms with Crippen molar-refractivity contribution in [2.24, 2.45) is 0 Å². The van der Waals surface area contributed by atoms with Crippen molar-refractivity contribution >= 4 is 17.0 Å². The highest BCUT2D eigenvalue weighted by Crippen LogP contribution is 2.41. The molecule has 0 radical (unpaired) electrons. The molecule has 1 amide bonds. The van der Waals surface area contributed by atoms with Gasteiger partial charge in [-0.2, -0.15) is 0 Å². The van der Waals surface area contributed by atoms with E-state index in [2.05, 4.69) is 30.2 Å². The van der Waals surface area contributed by atoms with Crippen molar-refractivity contribution in [1.82, 2.24) is 25.6 Å². The number of carbonyl (C=O) groups excluding carboxylic acids is 1. The summed E-state index contributed by atoms with van der Waals surface area (Å²) in [6, 6.07) is 3.83. The minimum Gasteiger partial charge on any atom is -0.437 e. The first kappa shape index (κ1) is 26.6. The Morgan fingerprint density at radius 3 is 2.72 bits per heavy atom. The summed E-state index contributed by atoms with van der Waals surface area (Å²) >= 11 is 0. The van der Waals surface area contributed by atoms with Gasteiger partial charge in [-0.25, -0.2) is 22.8 Å². The Labute approximate surface area is 219 Å². The number of pyridine rings is 1. The molecule has 0 aliphatic heterocycles. The Bertz CT molecular complexity index is 1560. The van der Waals surface area contributed by atoms with Crippen molar-refractivity contribution < 1.29 is 31.7 Å². The third-order valence-corrected chi connectivity index (χ3v) is 7.26. The number of H-pyrrole nitrogens is 1. The third kappa shape index (κ3) is 5.18. The van der Waals surface area contributed by atoms with E-state index in [0.717, 1.165) is 12.3 Å². The van der Waals surface area contributed by atoms with E-state index in [4.69, 9.17) is 9.15 Å². The molecule has 1 fully saturated rings. The molecule has 3 aromatic heterocycles. The van der Waals surface area contributed by atoms with Crippen molar-refractivity contribution in [2.75, 3.05) is 20.3 Å². The Hall–Kier alpha value is -4.00. The van der Waals surface area contributed by atoms with Gasteiger partial charge in [0.2, 0.25) is 5.89 Å². The number of ether oxygens (including phenoxy) is 1. The molecule has 3 heterocycles. The Balaban J connectivity index is 1.52. The molecule has 0 saturated heterocycles. The summed E-state index contributed by atoms with van der Waals surface area (Å²) in [6.45, 7) is 1.59. The van der Waals surface area contributed by atoms with Crippen LogP contribution in [0.4, 0.5) is 13.2 Å². The zero-order valence-corrected chi connectivity index (χ0v) is 21.2. The maximum absolute atomic E-state index is 15.4. The third-order valence-electron chi connectivity index (χ3n) is 7.26. The van der Waals surface area contributed by atoms with E-state index in [1.807, 2.05) is 0 Å². The molecule has 0 bridgehead atoms. The molecule has 2 N–H and O–H groups in total. The number of carbonyl (C=O) groups is 1. The smallest absolute Gasteiger partial charge is 0.275 e. The number of oxazole rings is 1. The molecule has 1 atom stereocenters. The lowest BCUT2D eigenvalue weighted by Gasteiger charge is -2.35. The van der Waals surface area contributed by atoms with E-state index < -0.39 is 40.6 Å². The molecule has 13 heteroatoms. The van der Waals surface area contributed by atoms with Crippen LogP contribution < -0.4 is 10.9 Å². The van der Waals surface area contributed by atoms with Crippen molar-refractivity contribution in [3.05, 3.63) is 74.8 Å². The number of nitrogens with zero attached hydrogens (tertiary/aromatic N) is 3. The molecule has 0 unspecified atom stereocenters. The molecule has 0 spiro atoms. The molecule has 1 aromatic carbocycles. The molecule has 5 rings (SSSR count). The molecular formula is C26H26F3N5O5. The van der Waals surface area contributed by atoms with Gasteiger partial charge in [0, 0.05) is 31.3 Å². The predicted octanol–water partition coefficient (Wildman–Crippen LogP) is 3.84. The summed E-state index contributed by atoms with van der Waals surface area (Å²) < 4.78 is 59.2. The number of aromatic nitrogens is 4. The second kappa shape index (κ2) is 10.6. The number of rotatable bonds is 8. The maximum atomic E-state index is 15.4. The van der Waals surface area contributed by atoms with Crippen LogP contribution in [0.15, 0.2) is 38.2 Å². The van der Waals surface area contributed by atoms with E-state index in [1.165, 1.54) is 13.2 Å². The predicted molar refractivity (Wildman–Crippen MR) is 131 cm³/mol. The zero-order valence-electron chi connectivity index (χ0n) is 21.2. The van der Waals surface area contributed by atoms with Crippen molar-refractivity contribution in [3.63, 3.8) is 0 Å². The topological polar surface area (TPSA) is 136 Å². The number of hydrogen-bond donors (Lipinski definition) is 2. The Kier molecular flexibility index (Phi) is 7.25. The standard InChI is InChI=1S/C26H26F3N5O5/c1-13-21(34-39-33-13)24(36)31-12-26(5-3-15(27)4-6-26)25-32-20-8-14(7-19(29)22(20)38-25)18(11-37-2)17-9-16(28)10-30-23(17)35/h7-10,15,18H,3-6,11-12H2,1-2H3,(H,30,35)(H,31,36)/t15?,18-,26?/m1/s1. The van der Waals surface area contributed by atoms with E-state index in [-0.39, 0.29) is 54.2 Å². The summed E-state index contributed by atoms with van der Waals surface area (Å²) in [4.78, 5) is 32.0. The van der Waals surface area contributed by atoms with Crippen LogP contribution in [-0.4, -0.2) is 52.6 Å². The highest BCUT2D eigenvalue weighted by atomic mass is 19.1. The van der Waals surface area contributed by atoms with E-state index in [9.17, 15) is 18.4 Å². The number of nitrogens with one attached hydrogen (secondary N) is 2. The first-order valence-corrected chi connectivity index (χ1v) is 12.4. The van der Waals surface area contributed by atoms with Crippen molar-refractivity contribution in [1.29, 1.82) is 0 Å². The fourth-order valence-corrected chi connectivity index (χ4v) is 5.08. The van der Waals surface area contributed by atoms with Gasteiger partial charge in [-0.05, 0) is 61.5 Å². The maximum Gasteiger partial charge on any atom is 0.275 e. The Morgan fingerprint density at radius 1 is 1.26 bits per heavy atom. The average Bonchev–Trinajstić information content (AvgIpc) is 3.55. The number of halogens is 3. The Morgan fingerprint density at radius 2 is 2.03 bits per heavy atom. The number of methoxy groups -OCH3 is 1. The van der Waals surface area contributed by atoms with Gasteiger partial charge < -0.3 is 19.5 Å². The number of amides is 1. The minimum absolute atomic E-state index is 0.0215. The summed E-state index contributed by atoms with van der Waals surface area (Å²) in [5, 5.41) is 9.99. The first-order chi connectivity index (χ1) is 18.7. The second-order valence-corrected chi connectivity index (χ2v) is 9.82. The van der Waals surface area contributed by atoms with Crippen LogP contribution in [0.2, 0.25) is 0 Å². The van der Waals surface area contributed by atoms with Crippen LogP contribution in [0, 0.1) is 18.6 Å². The van der Waals surface area contributed by atoms with E-state index in [0.29, 0.717) is 24.1 Å². The zero-order chi connectivity index (χ0) is 27.7. The lowest BCUT2D eigenvalue weighted by molar-refractivity contribution is 0.0908. The molecule has 206 valence electrons. The SMILES string of the molecule is COC[C@H](c1cc(F)c2oc(C3(CNC(=O)c4nonc4C)CCC(F)CC3)nc2c1)c1cc(F)c[nH]c1=O. The summed E-state index contributed by atoms with van der Waals surface area (Å²) in [7, 11) is 1.42.